The summed E-state index contributed by atoms with van der Waals surface area (Å²) in [6.45, 7) is 1.57. The van der Waals surface area contributed by atoms with Gasteiger partial charge in [-0.05, 0) is 24.6 Å². The van der Waals surface area contributed by atoms with Crippen molar-refractivity contribution in [2.45, 2.75) is 12.5 Å². The van der Waals surface area contributed by atoms with Crippen LogP contribution in [0.1, 0.15) is 23.0 Å². The molecular weight excluding hydrogens is 396 g/mol. The molecule has 1 fully saturated rings. The summed E-state index contributed by atoms with van der Waals surface area (Å²) in [6, 6.07) is 16.3. The minimum atomic E-state index is -1.29. The van der Waals surface area contributed by atoms with Crippen LogP contribution in [0.15, 0.2) is 65.2 Å². The smallest absolute Gasteiger partial charge is 0.344 e. The molecule has 2 heterocycles. The predicted molar refractivity (Wildman–Crippen MR) is 104 cm³/mol. The standard InChI is InChI=1S/C20H15ClN4O4/c1-20(13-7-3-2-4-8-13)18(27)25(19(28)22-20)23-17(26)15-11-16(29-24-15)12-6-5-9-14(21)10-12/h2-11H,1H3,(H,22,28)(H,23,26)/t20-/m1/s1. The van der Waals surface area contributed by atoms with Crippen LogP contribution >= 0.6 is 11.6 Å². The molecule has 0 unspecified atom stereocenters. The van der Waals surface area contributed by atoms with Gasteiger partial charge in [0.25, 0.3) is 11.8 Å². The van der Waals surface area contributed by atoms with Crippen LogP contribution in [0.5, 0.6) is 0 Å². The van der Waals surface area contributed by atoms with Crippen molar-refractivity contribution >= 4 is 29.4 Å². The van der Waals surface area contributed by atoms with Crippen molar-refractivity contribution in [1.29, 1.82) is 0 Å². The quantitative estimate of drug-likeness (QED) is 0.643. The average Bonchev–Trinajstić information content (AvgIpc) is 3.29. The van der Waals surface area contributed by atoms with Crippen LogP contribution in [-0.2, 0) is 10.3 Å². The van der Waals surface area contributed by atoms with Gasteiger partial charge in [0, 0.05) is 16.7 Å². The van der Waals surface area contributed by atoms with Crippen molar-refractivity contribution in [3.05, 3.63) is 76.9 Å². The lowest BCUT2D eigenvalue weighted by atomic mass is 9.92. The molecule has 3 aromatic rings. The van der Waals surface area contributed by atoms with Gasteiger partial charge >= 0.3 is 6.03 Å². The SMILES string of the molecule is C[C@]1(c2ccccc2)NC(=O)N(NC(=O)c2cc(-c3cccc(Cl)c3)on2)C1=O. The maximum Gasteiger partial charge on any atom is 0.344 e. The molecule has 4 rings (SSSR count). The topological polar surface area (TPSA) is 105 Å². The van der Waals surface area contributed by atoms with E-state index in [0.29, 0.717) is 26.9 Å². The average molecular weight is 411 g/mol. The van der Waals surface area contributed by atoms with Gasteiger partial charge in [0.2, 0.25) is 0 Å². The highest BCUT2D eigenvalue weighted by molar-refractivity contribution is 6.30. The number of rotatable bonds is 4. The number of urea groups is 1. The third kappa shape index (κ3) is 3.34. The Bertz CT molecular complexity index is 1110. The molecule has 29 heavy (non-hydrogen) atoms. The summed E-state index contributed by atoms with van der Waals surface area (Å²) in [5.41, 5.74) is 2.13. The molecule has 1 atom stereocenters. The molecule has 4 amide bonds. The number of nitrogens with zero attached hydrogens (tertiary/aromatic N) is 2. The summed E-state index contributed by atoms with van der Waals surface area (Å²) >= 11 is 5.96. The molecule has 9 heteroatoms. The second-order valence-corrected chi connectivity index (χ2v) is 7.03. The van der Waals surface area contributed by atoms with Crippen LogP contribution in [0.4, 0.5) is 4.79 Å². The van der Waals surface area contributed by atoms with Crippen molar-refractivity contribution in [1.82, 2.24) is 20.9 Å². The van der Waals surface area contributed by atoms with Crippen LogP contribution in [0, 0.1) is 0 Å². The maximum atomic E-state index is 12.8. The first-order valence-electron chi connectivity index (χ1n) is 8.64. The largest absolute Gasteiger partial charge is 0.355 e. The first kappa shape index (κ1) is 18.7. The van der Waals surface area contributed by atoms with Gasteiger partial charge < -0.3 is 9.84 Å². The number of carbonyl (C=O) groups is 3. The number of aromatic nitrogens is 1. The summed E-state index contributed by atoms with van der Waals surface area (Å²) in [7, 11) is 0. The number of carbonyl (C=O) groups excluding carboxylic acids is 3. The zero-order valence-electron chi connectivity index (χ0n) is 15.2. The molecular formula is C20H15ClN4O4. The fraction of sp³-hybridized carbons (Fsp3) is 0.100. The third-order valence-corrected chi connectivity index (χ3v) is 4.84. The highest BCUT2D eigenvalue weighted by atomic mass is 35.5. The van der Waals surface area contributed by atoms with E-state index < -0.39 is 23.4 Å². The Kier molecular flexibility index (Phi) is 4.56. The van der Waals surface area contributed by atoms with E-state index in [2.05, 4.69) is 15.9 Å². The van der Waals surface area contributed by atoms with Crippen LogP contribution in [0.3, 0.4) is 0 Å². The van der Waals surface area contributed by atoms with Gasteiger partial charge in [0.05, 0.1) is 0 Å². The highest BCUT2D eigenvalue weighted by Gasteiger charge is 2.50. The molecule has 0 saturated carbocycles. The van der Waals surface area contributed by atoms with Gasteiger partial charge in [0.15, 0.2) is 11.5 Å². The second-order valence-electron chi connectivity index (χ2n) is 6.59. The van der Waals surface area contributed by atoms with Crippen LogP contribution < -0.4 is 10.7 Å². The van der Waals surface area contributed by atoms with Gasteiger partial charge in [-0.3, -0.25) is 15.0 Å². The Balaban J connectivity index is 1.53. The molecule has 2 aromatic carbocycles. The van der Waals surface area contributed by atoms with Gasteiger partial charge in [-0.1, -0.05) is 59.2 Å². The molecule has 0 aliphatic carbocycles. The van der Waals surface area contributed by atoms with Gasteiger partial charge in [-0.25, -0.2) is 4.79 Å². The predicted octanol–water partition coefficient (Wildman–Crippen LogP) is 3.11. The van der Waals surface area contributed by atoms with Crippen molar-refractivity contribution in [2.24, 2.45) is 0 Å². The van der Waals surface area contributed by atoms with Crippen molar-refractivity contribution in [3.63, 3.8) is 0 Å². The third-order valence-electron chi connectivity index (χ3n) is 4.61. The van der Waals surface area contributed by atoms with Crippen LogP contribution in [0.2, 0.25) is 5.02 Å². The molecule has 8 nitrogen and oxygen atoms in total. The number of amides is 4. The maximum absolute atomic E-state index is 12.8. The van der Waals surface area contributed by atoms with E-state index >= 15 is 0 Å². The van der Waals surface area contributed by atoms with Crippen LogP contribution in [-0.4, -0.2) is 28.0 Å². The number of benzene rings is 2. The van der Waals surface area contributed by atoms with Crippen molar-refractivity contribution in [3.8, 4) is 11.3 Å². The van der Waals surface area contributed by atoms with E-state index in [9.17, 15) is 14.4 Å². The summed E-state index contributed by atoms with van der Waals surface area (Å²) < 4.78 is 5.18. The minimum Gasteiger partial charge on any atom is -0.355 e. The Labute approximate surface area is 170 Å². The van der Waals surface area contributed by atoms with E-state index in [1.54, 1.807) is 61.5 Å². The van der Waals surface area contributed by atoms with Crippen LogP contribution in [0.25, 0.3) is 11.3 Å². The Morgan fingerprint density at radius 2 is 1.90 bits per heavy atom. The second kappa shape index (κ2) is 7.06. The van der Waals surface area contributed by atoms with Gasteiger partial charge in [-0.2, -0.15) is 5.01 Å². The Morgan fingerprint density at radius 3 is 2.62 bits per heavy atom. The minimum absolute atomic E-state index is 0.0890. The van der Waals surface area contributed by atoms with Crippen molar-refractivity contribution < 1.29 is 18.9 Å². The number of hydrogen-bond acceptors (Lipinski definition) is 5. The summed E-state index contributed by atoms with van der Waals surface area (Å²) in [5, 5.41) is 7.46. The lowest BCUT2D eigenvalue weighted by molar-refractivity contribution is -0.132. The van der Waals surface area contributed by atoms with Gasteiger partial charge in [-0.15, -0.1) is 0 Å². The molecule has 2 N–H and O–H groups in total. The molecule has 1 saturated heterocycles. The van der Waals surface area contributed by atoms with E-state index in [-0.39, 0.29) is 5.69 Å². The monoisotopic (exact) mass is 410 g/mol. The molecule has 0 bridgehead atoms. The van der Waals surface area contributed by atoms with E-state index in [1.807, 2.05) is 0 Å². The van der Waals surface area contributed by atoms with E-state index in [4.69, 9.17) is 16.1 Å². The molecule has 1 aliphatic heterocycles. The van der Waals surface area contributed by atoms with E-state index in [1.165, 1.54) is 6.07 Å². The molecule has 1 aliphatic rings. The van der Waals surface area contributed by atoms with Crippen molar-refractivity contribution in [2.75, 3.05) is 0 Å². The highest BCUT2D eigenvalue weighted by Crippen LogP contribution is 2.28. The summed E-state index contributed by atoms with van der Waals surface area (Å²) in [4.78, 5) is 37.7. The normalized spacial score (nSPS) is 18.6. The Morgan fingerprint density at radius 1 is 1.14 bits per heavy atom. The number of halogens is 1. The lowest BCUT2D eigenvalue weighted by Crippen LogP contribution is -2.48. The molecule has 0 spiro atoms. The number of nitrogens with one attached hydrogen (secondary N) is 2. The molecule has 146 valence electrons. The number of hydrazine groups is 1. The fourth-order valence-corrected chi connectivity index (χ4v) is 3.22. The van der Waals surface area contributed by atoms with E-state index in [0.717, 1.165) is 0 Å². The number of imide groups is 1. The first-order valence-corrected chi connectivity index (χ1v) is 9.02. The number of hydrogen-bond donors (Lipinski definition) is 2. The molecule has 1 aromatic heterocycles. The summed E-state index contributed by atoms with van der Waals surface area (Å²) in [6.07, 6.45) is 0. The Hall–Kier alpha value is -3.65. The fourth-order valence-electron chi connectivity index (χ4n) is 3.03. The lowest BCUT2D eigenvalue weighted by Gasteiger charge is -2.21. The zero-order valence-corrected chi connectivity index (χ0v) is 15.9. The van der Waals surface area contributed by atoms with Gasteiger partial charge in [0.1, 0.15) is 5.54 Å². The first-order chi connectivity index (χ1) is 13.9. The zero-order chi connectivity index (χ0) is 20.6. The molecule has 0 radical (unpaired) electrons. The summed E-state index contributed by atoms with van der Waals surface area (Å²) in [5.74, 6) is -1.05.